The summed E-state index contributed by atoms with van der Waals surface area (Å²) in [6.07, 6.45) is 5.03. The van der Waals surface area contributed by atoms with Gasteiger partial charge in [-0.05, 0) is 36.8 Å². The van der Waals surface area contributed by atoms with E-state index in [1.54, 1.807) is 6.07 Å². The molecule has 1 heterocycles. The molecule has 3 unspecified atom stereocenters. The summed E-state index contributed by atoms with van der Waals surface area (Å²) in [4.78, 5) is 24.1. The highest BCUT2D eigenvalue weighted by atomic mass is 35.5. The SMILES string of the molecule is O=C(O)C1CC2CCCCC2N1Cc1ccc(Cl)c([N+](=O)[O-])c1. The van der Waals surface area contributed by atoms with E-state index >= 15 is 0 Å². The number of nitro benzene ring substituents is 1. The maximum atomic E-state index is 11.6. The minimum Gasteiger partial charge on any atom is -0.480 e. The zero-order valence-electron chi connectivity index (χ0n) is 12.7. The summed E-state index contributed by atoms with van der Waals surface area (Å²) in [5, 5.41) is 20.7. The van der Waals surface area contributed by atoms with E-state index < -0.39 is 16.9 Å². The average molecular weight is 339 g/mol. The van der Waals surface area contributed by atoms with Crippen LogP contribution < -0.4 is 0 Å². The maximum Gasteiger partial charge on any atom is 0.320 e. The van der Waals surface area contributed by atoms with E-state index in [0.29, 0.717) is 18.9 Å². The van der Waals surface area contributed by atoms with Gasteiger partial charge in [-0.1, -0.05) is 30.5 Å². The van der Waals surface area contributed by atoms with Crippen molar-refractivity contribution in [3.63, 3.8) is 0 Å². The van der Waals surface area contributed by atoms with Gasteiger partial charge in [0.2, 0.25) is 0 Å². The first-order chi connectivity index (χ1) is 11.0. The molecule has 3 rings (SSSR count). The third-order valence-electron chi connectivity index (χ3n) is 5.08. The van der Waals surface area contributed by atoms with Crippen LogP contribution >= 0.6 is 11.6 Å². The van der Waals surface area contributed by atoms with Crippen LogP contribution in [0.25, 0.3) is 0 Å². The van der Waals surface area contributed by atoms with E-state index in [2.05, 4.69) is 0 Å². The second kappa shape index (κ2) is 6.45. The van der Waals surface area contributed by atoms with Crippen molar-refractivity contribution < 1.29 is 14.8 Å². The van der Waals surface area contributed by atoms with E-state index in [9.17, 15) is 20.0 Å². The van der Waals surface area contributed by atoms with Crippen molar-refractivity contribution in [3.05, 3.63) is 38.9 Å². The van der Waals surface area contributed by atoms with Crippen LogP contribution in [0.5, 0.6) is 0 Å². The Morgan fingerprint density at radius 2 is 2.13 bits per heavy atom. The van der Waals surface area contributed by atoms with E-state index in [1.807, 2.05) is 4.90 Å². The summed E-state index contributed by atoms with van der Waals surface area (Å²) >= 11 is 5.85. The highest BCUT2D eigenvalue weighted by molar-refractivity contribution is 6.32. The zero-order valence-corrected chi connectivity index (χ0v) is 13.4. The van der Waals surface area contributed by atoms with Crippen molar-refractivity contribution in [2.45, 2.75) is 50.7 Å². The highest BCUT2D eigenvalue weighted by Gasteiger charge is 2.45. The van der Waals surface area contributed by atoms with Crippen molar-refractivity contribution in [1.29, 1.82) is 0 Å². The van der Waals surface area contributed by atoms with Crippen LogP contribution in [0.2, 0.25) is 5.02 Å². The van der Waals surface area contributed by atoms with Gasteiger partial charge in [-0.2, -0.15) is 0 Å². The number of likely N-dealkylation sites (tertiary alicyclic amines) is 1. The topological polar surface area (TPSA) is 83.7 Å². The molecule has 0 bridgehead atoms. The van der Waals surface area contributed by atoms with E-state index in [4.69, 9.17) is 11.6 Å². The number of nitrogens with zero attached hydrogens (tertiary/aromatic N) is 2. The van der Waals surface area contributed by atoms with Gasteiger partial charge >= 0.3 is 5.97 Å². The molecule has 23 heavy (non-hydrogen) atoms. The third kappa shape index (κ3) is 3.19. The molecule has 1 aromatic rings. The number of hydrogen-bond acceptors (Lipinski definition) is 4. The van der Waals surface area contributed by atoms with Gasteiger partial charge in [-0.25, -0.2) is 0 Å². The second-order valence-electron chi connectivity index (χ2n) is 6.42. The number of nitro groups is 1. The fraction of sp³-hybridized carbons (Fsp3) is 0.562. The molecule has 1 saturated carbocycles. The molecule has 124 valence electrons. The Bertz CT molecular complexity index is 637. The first-order valence-corrected chi connectivity index (χ1v) is 8.26. The summed E-state index contributed by atoms with van der Waals surface area (Å²) in [6.45, 7) is 0.413. The normalized spacial score (nSPS) is 27.6. The molecule has 1 aliphatic heterocycles. The molecule has 0 amide bonds. The monoisotopic (exact) mass is 338 g/mol. The first kappa shape index (κ1) is 16.2. The van der Waals surface area contributed by atoms with Gasteiger partial charge < -0.3 is 5.11 Å². The summed E-state index contributed by atoms with van der Waals surface area (Å²) in [5.41, 5.74) is 0.606. The molecule has 2 aliphatic rings. The number of benzene rings is 1. The number of aliphatic carboxylic acids is 1. The molecule has 0 spiro atoms. The van der Waals surface area contributed by atoms with E-state index in [0.717, 1.165) is 31.2 Å². The Morgan fingerprint density at radius 3 is 2.83 bits per heavy atom. The van der Waals surface area contributed by atoms with Gasteiger partial charge in [0.1, 0.15) is 11.1 Å². The Labute approximate surface area is 139 Å². The number of carboxylic acids is 1. The van der Waals surface area contributed by atoms with Crippen LogP contribution in [0.4, 0.5) is 5.69 Å². The van der Waals surface area contributed by atoms with Crippen molar-refractivity contribution in [1.82, 2.24) is 4.90 Å². The van der Waals surface area contributed by atoms with Crippen LogP contribution in [0.1, 0.15) is 37.7 Å². The summed E-state index contributed by atoms with van der Waals surface area (Å²) in [5.74, 6) is -0.380. The predicted octanol–water partition coefficient (Wildman–Crippen LogP) is 3.47. The lowest BCUT2D eigenvalue weighted by Gasteiger charge is -2.33. The van der Waals surface area contributed by atoms with Crippen LogP contribution in [-0.4, -0.2) is 33.0 Å². The Kier molecular flexibility index (Phi) is 4.55. The van der Waals surface area contributed by atoms with E-state index in [-0.39, 0.29) is 16.8 Å². The maximum absolute atomic E-state index is 11.6. The van der Waals surface area contributed by atoms with Crippen LogP contribution in [0, 0.1) is 16.0 Å². The van der Waals surface area contributed by atoms with Gasteiger partial charge in [0.15, 0.2) is 0 Å². The average Bonchev–Trinajstić information content (AvgIpc) is 2.88. The molecule has 6 nitrogen and oxygen atoms in total. The fourth-order valence-electron chi connectivity index (χ4n) is 4.03. The molecule has 0 radical (unpaired) electrons. The Hall–Kier alpha value is -1.66. The van der Waals surface area contributed by atoms with Crippen LogP contribution in [0.3, 0.4) is 0 Å². The molecular formula is C16H19ClN2O4. The highest BCUT2D eigenvalue weighted by Crippen LogP contribution is 2.41. The molecule has 0 aromatic heterocycles. The molecule has 7 heteroatoms. The summed E-state index contributed by atoms with van der Waals surface area (Å²) in [7, 11) is 0. The van der Waals surface area contributed by atoms with Gasteiger partial charge in [0.05, 0.1) is 4.92 Å². The minimum absolute atomic E-state index is 0.102. The molecule has 2 fully saturated rings. The fourth-order valence-corrected chi connectivity index (χ4v) is 4.22. The number of rotatable bonds is 4. The van der Waals surface area contributed by atoms with Gasteiger partial charge in [-0.3, -0.25) is 19.8 Å². The van der Waals surface area contributed by atoms with Crippen LogP contribution in [-0.2, 0) is 11.3 Å². The largest absolute Gasteiger partial charge is 0.480 e. The lowest BCUT2D eigenvalue weighted by atomic mass is 9.84. The number of halogens is 1. The van der Waals surface area contributed by atoms with Gasteiger partial charge in [0.25, 0.3) is 5.69 Å². The number of hydrogen-bond donors (Lipinski definition) is 1. The Morgan fingerprint density at radius 1 is 1.39 bits per heavy atom. The first-order valence-electron chi connectivity index (χ1n) is 7.88. The molecular weight excluding hydrogens is 320 g/mol. The molecule has 1 saturated heterocycles. The zero-order chi connectivity index (χ0) is 16.6. The quantitative estimate of drug-likeness (QED) is 0.671. The lowest BCUT2D eigenvalue weighted by Crippen LogP contribution is -2.41. The summed E-state index contributed by atoms with van der Waals surface area (Å²) < 4.78 is 0. The number of fused-ring (bicyclic) bond motifs is 1. The smallest absolute Gasteiger partial charge is 0.320 e. The standard InChI is InChI=1S/C16H19ClN2O4/c17-12-6-5-10(7-14(12)19(22)23)9-18-13-4-2-1-3-11(13)8-15(18)16(20)21/h5-7,11,13,15H,1-4,8-9H2,(H,20,21). The van der Waals surface area contributed by atoms with Crippen molar-refractivity contribution in [2.24, 2.45) is 5.92 Å². The molecule has 1 aliphatic carbocycles. The lowest BCUT2D eigenvalue weighted by molar-refractivity contribution is -0.384. The second-order valence-corrected chi connectivity index (χ2v) is 6.82. The molecule has 1 aromatic carbocycles. The minimum atomic E-state index is -0.803. The molecule has 1 N–H and O–H groups in total. The van der Waals surface area contributed by atoms with Gasteiger partial charge in [-0.15, -0.1) is 0 Å². The summed E-state index contributed by atoms with van der Waals surface area (Å²) in [6, 6.07) is 4.47. The molecule has 3 atom stereocenters. The van der Waals surface area contributed by atoms with Crippen molar-refractivity contribution >= 4 is 23.3 Å². The number of carboxylic acid groups (broad SMARTS) is 1. The Balaban J connectivity index is 1.86. The third-order valence-corrected chi connectivity index (χ3v) is 5.40. The van der Waals surface area contributed by atoms with Crippen molar-refractivity contribution in [3.8, 4) is 0 Å². The van der Waals surface area contributed by atoms with E-state index in [1.165, 1.54) is 12.1 Å². The number of carbonyl (C=O) groups is 1. The van der Waals surface area contributed by atoms with Gasteiger partial charge in [0, 0.05) is 18.7 Å². The van der Waals surface area contributed by atoms with Crippen LogP contribution in [0.15, 0.2) is 18.2 Å². The van der Waals surface area contributed by atoms with Crippen molar-refractivity contribution in [2.75, 3.05) is 0 Å². The predicted molar refractivity (Wildman–Crippen MR) is 85.4 cm³/mol.